The van der Waals surface area contributed by atoms with Gasteiger partial charge in [-0.05, 0) is 32.0 Å². The zero-order chi connectivity index (χ0) is 15.3. The van der Waals surface area contributed by atoms with E-state index in [1.54, 1.807) is 24.3 Å². The van der Waals surface area contributed by atoms with E-state index in [1.807, 2.05) is 6.92 Å². The molecule has 6 nitrogen and oxygen atoms in total. The molecule has 7 heteroatoms. The van der Waals surface area contributed by atoms with Crippen LogP contribution in [0.1, 0.15) is 12.0 Å². The maximum Gasteiger partial charge on any atom is 0.240 e. The van der Waals surface area contributed by atoms with Crippen molar-refractivity contribution < 1.29 is 13.2 Å². The van der Waals surface area contributed by atoms with Crippen LogP contribution in [0.3, 0.4) is 0 Å². The number of amides is 1. The number of nitrogens with one attached hydrogen (secondary N) is 3. The Bertz CT molecular complexity index is 578. The molecule has 0 aromatic heterocycles. The highest BCUT2D eigenvalue weighted by atomic mass is 32.2. The Morgan fingerprint density at radius 2 is 2.00 bits per heavy atom. The van der Waals surface area contributed by atoms with Gasteiger partial charge >= 0.3 is 0 Å². The second-order valence-electron chi connectivity index (χ2n) is 5.19. The van der Waals surface area contributed by atoms with E-state index >= 15 is 0 Å². The summed E-state index contributed by atoms with van der Waals surface area (Å²) in [7, 11) is -3.51. The summed E-state index contributed by atoms with van der Waals surface area (Å²) in [6.07, 6.45) is 0.834. The average molecular weight is 311 g/mol. The summed E-state index contributed by atoms with van der Waals surface area (Å²) in [5, 5.41) is 5.87. The number of benzene rings is 1. The Balaban J connectivity index is 1.77. The molecule has 3 N–H and O–H groups in total. The number of rotatable bonds is 6. The quantitative estimate of drug-likeness (QED) is 0.645. The highest BCUT2D eigenvalue weighted by molar-refractivity contribution is 7.89. The van der Waals surface area contributed by atoms with Gasteiger partial charge < -0.3 is 10.6 Å². The SMILES string of the molecule is Cc1ccc(S(=O)(=O)NCCNC(=O)C2CCNC2)cc1. The molecule has 1 heterocycles. The van der Waals surface area contributed by atoms with Gasteiger partial charge in [-0.3, -0.25) is 4.79 Å². The minimum Gasteiger partial charge on any atom is -0.355 e. The van der Waals surface area contributed by atoms with Crippen molar-refractivity contribution in [2.24, 2.45) is 5.92 Å². The molecule has 1 aromatic rings. The average Bonchev–Trinajstić information content (AvgIpc) is 2.98. The molecule has 1 aromatic carbocycles. The fourth-order valence-corrected chi connectivity index (χ4v) is 3.23. The first-order valence-corrected chi connectivity index (χ1v) is 8.52. The Morgan fingerprint density at radius 1 is 1.29 bits per heavy atom. The van der Waals surface area contributed by atoms with Gasteiger partial charge in [-0.15, -0.1) is 0 Å². The fraction of sp³-hybridized carbons (Fsp3) is 0.500. The van der Waals surface area contributed by atoms with E-state index in [9.17, 15) is 13.2 Å². The van der Waals surface area contributed by atoms with E-state index < -0.39 is 10.0 Å². The number of aryl methyl sites for hydroxylation is 1. The zero-order valence-corrected chi connectivity index (χ0v) is 12.9. The van der Waals surface area contributed by atoms with Crippen molar-refractivity contribution in [2.45, 2.75) is 18.2 Å². The first-order valence-electron chi connectivity index (χ1n) is 7.04. The Morgan fingerprint density at radius 3 is 2.62 bits per heavy atom. The van der Waals surface area contributed by atoms with Gasteiger partial charge in [0.15, 0.2) is 0 Å². The van der Waals surface area contributed by atoms with Gasteiger partial charge in [0, 0.05) is 19.6 Å². The molecule has 0 radical (unpaired) electrons. The van der Waals surface area contributed by atoms with Crippen LogP contribution in [-0.4, -0.2) is 40.5 Å². The smallest absolute Gasteiger partial charge is 0.240 e. The van der Waals surface area contributed by atoms with Crippen LogP contribution < -0.4 is 15.4 Å². The normalized spacial score (nSPS) is 18.6. The van der Waals surface area contributed by atoms with Crippen LogP contribution in [0.4, 0.5) is 0 Å². The molecule has 0 spiro atoms. The van der Waals surface area contributed by atoms with Gasteiger partial charge in [-0.25, -0.2) is 13.1 Å². The van der Waals surface area contributed by atoms with Gasteiger partial charge in [-0.1, -0.05) is 17.7 Å². The molecule has 1 aliphatic heterocycles. The lowest BCUT2D eigenvalue weighted by molar-refractivity contribution is -0.124. The van der Waals surface area contributed by atoms with E-state index in [4.69, 9.17) is 0 Å². The molecular weight excluding hydrogens is 290 g/mol. The molecule has 1 amide bonds. The topological polar surface area (TPSA) is 87.3 Å². The lowest BCUT2D eigenvalue weighted by Crippen LogP contribution is -2.38. The standard InChI is InChI=1S/C14H21N3O3S/c1-11-2-4-13(5-3-11)21(19,20)17-9-8-16-14(18)12-6-7-15-10-12/h2-5,12,15,17H,6-10H2,1H3,(H,16,18). The molecule has 1 unspecified atom stereocenters. The zero-order valence-electron chi connectivity index (χ0n) is 12.1. The van der Waals surface area contributed by atoms with Crippen molar-refractivity contribution in [1.82, 2.24) is 15.4 Å². The first-order chi connectivity index (χ1) is 9.99. The van der Waals surface area contributed by atoms with Gasteiger partial charge in [-0.2, -0.15) is 0 Å². The lowest BCUT2D eigenvalue weighted by Gasteiger charge is -2.11. The minimum absolute atomic E-state index is 0.00120. The monoisotopic (exact) mass is 311 g/mol. The molecule has 0 saturated carbocycles. The predicted octanol–water partition coefficient (Wildman–Crippen LogP) is -0.000980. The van der Waals surface area contributed by atoms with E-state index in [-0.39, 0.29) is 23.3 Å². The predicted molar refractivity (Wildman–Crippen MR) is 80.4 cm³/mol. The van der Waals surface area contributed by atoms with E-state index in [0.717, 1.165) is 18.5 Å². The molecule has 1 atom stereocenters. The Labute approximate surface area is 125 Å². The summed E-state index contributed by atoms with van der Waals surface area (Å²) >= 11 is 0. The number of carbonyl (C=O) groups is 1. The summed E-state index contributed by atoms with van der Waals surface area (Å²) < 4.78 is 26.5. The summed E-state index contributed by atoms with van der Waals surface area (Å²) in [4.78, 5) is 12.0. The highest BCUT2D eigenvalue weighted by Gasteiger charge is 2.21. The van der Waals surface area contributed by atoms with Crippen LogP contribution in [-0.2, 0) is 14.8 Å². The van der Waals surface area contributed by atoms with Crippen LogP contribution in [0, 0.1) is 12.8 Å². The molecule has 0 aliphatic carbocycles. The summed E-state index contributed by atoms with van der Waals surface area (Å²) in [5.74, 6) is -0.0201. The Kier molecular flexibility index (Phi) is 5.33. The summed E-state index contributed by atoms with van der Waals surface area (Å²) in [6.45, 7) is 3.93. The third kappa shape index (κ3) is 4.52. The minimum atomic E-state index is -3.51. The second kappa shape index (κ2) is 7.02. The number of hydrogen-bond acceptors (Lipinski definition) is 4. The van der Waals surface area contributed by atoms with Crippen molar-refractivity contribution in [3.05, 3.63) is 29.8 Å². The third-order valence-electron chi connectivity index (χ3n) is 3.48. The molecule has 1 aliphatic rings. The van der Waals surface area contributed by atoms with Crippen LogP contribution >= 0.6 is 0 Å². The van der Waals surface area contributed by atoms with Crippen molar-refractivity contribution in [1.29, 1.82) is 0 Å². The third-order valence-corrected chi connectivity index (χ3v) is 4.96. The molecule has 1 fully saturated rings. The van der Waals surface area contributed by atoms with Crippen LogP contribution in [0.2, 0.25) is 0 Å². The van der Waals surface area contributed by atoms with E-state index in [0.29, 0.717) is 13.1 Å². The molecule has 1 saturated heterocycles. The van der Waals surface area contributed by atoms with Gasteiger partial charge in [0.2, 0.25) is 15.9 Å². The number of sulfonamides is 1. The number of hydrogen-bond donors (Lipinski definition) is 3. The van der Waals surface area contributed by atoms with Gasteiger partial charge in [0.05, 0.1) is 10.8 Å². The van der Waals surface area contributed by atoms with E-state index in [2.05, 4.69) is 15.4 Å². The lowest BCUT2D eigenvalue weighted by atomic mass is 10.1. The summed E-state index contributed by atoms with van der Waals surface area (Å²) in [6, 6.07) is 6.65. The van der Waals surface area contributed by atoms with Crippen LogP contribution in [0.5, 0.6) is 0 Å². The summed E-state index contributed by atoms with van der Waals surface area (Å²) in [5.41, 5.74) is 1.01. The second-order valence-corrected chi connectivity index (χ2v) is 6.96. The van der Waals surface area contributed by atoms with Crippen molar-refractivity contribution >= 4 is 15.9 Å². The van der Waals surface area contributed by atoms with Crippen molar-refractivity contribution in [2.75, 3.05) is 26.2 Å². The van der Waals surface area contributed by atoms with Gasteiger partial charge in [0.25, 0.3) is 0 Å². The maximum absolute atomic E-state index is 12.0. The van der Waals surface area contributed by atoms with E-state index in [1.165, 1.54) is 0 Å². The van der Waals surface area contributed by atoms with Crippen LogP contribution in [0.15, 0.2) is 29.2 Å². The fourth-order valence-electron chi connectivity index (χ4n) is 2.19. The maximum atomic E-state index is 12.0. The number of carbonyl (C=O) groups excluding carboxylic acids is 1. The van der Waals surface area contributed by atoms with Crippen LogP contribution in [0.25, 0.3) is 0 Å². The largest absolute Gasteiger partial charge is 0.355 e. The molecule has 116 valence electrons. The molecule has 0 bridgehead atoms. The van der Waals surface area contributed by atoms with Gasteiger partial charge in [0.1, 0.15) is 0 Å². The van der Waals surface area contributed by atoms with Crippen molar-refractivity contribution in [3.8, 4) is 0 Å². The Hall–Kier alpha value is -1.44. The highest BCUT2D eigenvalue weighted by Crippen LogP contribution is 2.09. The van der Waals surface area contributed by atoms with Crippen molar-refractivity contribution in [3.63, 3.8) is 0 Å². The molecule has 21 heavy (non-hydrogen) atoms. The molecular formula is C14H21N3O3S. The first kappa shape index (κ1) is 15.9. The molecule has 2 rings (SSSR count).